The van der Waals surface area contributed by atoms with Gasteiger partial charge in [0.25, 0.3) is 0 Å². The number of aliphatic hydroxyl groups excluding tert-OH is 1. The highest BCUT2D eigenvalue weighted by Gasteiger charge is 2.50. The molecule has 3 atom stereocenters. The molecule has 2 N–H and O–H groups in total. The zero-order valence-electron chi connectivity index (χ0n) is 12.0. The summed E-state index contributed by atoms with van der Waals surface area (Å²) in [4.78, 5) is 0. The Morgan fingerprint density at radius 3 is 2.85 bits per heavy atom. The molecule has 0 aliphatic heterocycles. The molecule has 2 nitrogen and oxygen atoms in total. The highest BCUT2D eigenvalue weighted by Crippen LogP contribution is 2.56. The van der Waals surface area contributed by atoms with Crippen LogP contribution in [-0.2, 0) is 12.8 Å². The van der Waals surface area contributed by atoms with Gasteiger partial charge in [-0.3, -0.25) is 0 Å². The summed E-state index contributed by atoms with van der Waals surface area (Å²) in [5.74, 6) is 0.952. The molecule has 1 fully saturated rings. The minimum atomic E-state index is -0.122. The van der Waals surface area contributed by atoms with Crippen molar-refractivity contribution >= 4 is 0 Å². The van der Waals surface area contributed by atoms with Crippen LogP contribution in [0.15, 0.2) is 29.3 Å². The molecule has 3 aliphatic rings. The zero-order chi connectivity index (χ0) is 13.9. The zero-order valence-corrected chi connectivity index (χ0v) is 12.0. The van der Waals surface area contributed by atoms with Crippen LogP contribution < -0.4 is 0 Å². The lowest BCUT2D eigenvalue weighted by atomic mass is 9.62. The standard InChI is InChI=1S/C18H22O2/c1-18-7-6-12-8-13-9-14(19)3-2-11(13)10-15(12)16(18)4-5-17(18)20/h2-3,9,16-17,19-20H,4-8,10H2,1H3/t16-,17-,18-/m1/s1. The van der Waals surface area contributed by atoms with Crippen LogP contribution in [0.25, 0.3) is 0 Å². The van der Waals surface area contributed by atoms with Gasteiger partial charge in [0, 0.05) is 5.41 Å². The third-order valence-electron chi connectivity index (χ3n) is 6.10. The number of phenolic OH excluding ortho intramolecular Hbond substituents is 1. The Bertz CT molecular complexity index is 601. The second kappa shape index (κ2) is 4.11. The van der Waals surface area contributed by atoms with Gasteiger partial charge in [-0.2, -0.15) is 0 Å². The number of fused-ring (bicyclic) bond motifs is 3. The van der Waals surface area contributed by atoms with Crippen LogP contribution in [0, 0.1) is 11.3 Å². The molecule has 1 saturated carbocycles. The summed E-state index contributed by atoms with van der Waals surface area (Å²) in [6, 6.07) is 5.80. The summed E-state index contributed by atoms with van der Waals surface area (Å²) in [5, 5.41) is 20.0. The van der Waals surface area contributed by atoms with Gasteiger partial charge in [0.15, 0.2) is 0 Å². The fourth-order valence-corrected chi connectivity index (χ4v) is 4.79. The van der Waals surface area contributed by atoms with Crippen LogP contribution >= 0.6 is 0 Å². The van der Waals surface area contributed by atoms with Crippen LogP contribution in [0.5, 0.6) is 5.75 Å². The predicted molar refractivity (Wildman–Crippen MR) is 78.6 cm³/mol. The number of benzene rings is 1. The van der Waals surface area contributed by atoms with Crippen LogP contribution in [0.2, 0.25) is 0 Å². The summed E-state index contributed by atoms with van der Waals surface area (Å²) in [5.41, 5.74) is 5.96. The number of hydrogen-bond donors (Lipinski definition) is 2. The minimum absolute atomic E-state index is 0.104. The molecule has 2 heteroatoms. The van der Waals surface area contributed by atoms with E-state index in [-0.39, 0.29) is 11.5 Å². The van der Waals surface area contributed by atoms with Crippen molar-refractivity contribution in [1.29, 1.82) is 0 Å². The molecule has 0 spiro atoms. The maximum Gasteiger partial charge on any atom is 0.115 e. The minimum Gasteiger partial charge on any atom is -0.508 e. The van der Waals surface area contributed by atoms with Gasteiger partial charge in [-0.25, -0.2) is 0 Å². The Balaban J connectivity index is 1.74. The van der Waals surface area contributed by atoms with Gasteiger partial charge >= 0.3 is 0 Å². The summed E-state index contributed by atoms with van der Waals surface area (Å²) in [6.07, 6.45) is 6.24. The molecule has 0 aromatic heterocycles. The van der Waals surface area contributed by atoms with Gasteiger partial charge in [-0.05, 0) is 67.7 Å². The lowest BCUT2D eigenvalue weighted by Crippen LogP contribution is -2.38. The molecule has 0 heterocycles. The lowest BCUT2D eigenvalue weighted by molar-refractivity contribution is 0.0352. The van der Waals surface area contributed by atoms with E-state index in [1.54, 1.807) is 17.2 Å². The Morgan fingerprint density at radius 1 is 1.15 bits per heavy atom. The number of aromatic hydroxyl groups is 1. The van der Waals surface area contributed by atoms with Crippen molar-refractivity contribution < 1.29 is 10.2 Å². The Hall–Kier alpha value is -1.28. The molecule has 1 aromatic rings. The largest absolute Gasteiger partial charge is 0.508 e. The van der Waals surface area contributed by atoms with Gasteiger partial charge in [0.1, 0.15) is 5.75 Å². The first-order valence-corrected chi connectivity index (χ1v) is 7.77. The second-order valence-electron chi connectivity index (χ2n) is 7.09. The quantitative estimate of drug-likeness (QED) is 0.710. The van der Waals surface area contributed by atoms with E-state index in [4.69, 9.17) is 0 Å². The van der Waals surface area contributed by atoms with Gasteiger partial charge in [0.2, 0.25) is 0 Å². The van der Waals surface area contributed by atoms with Crippen molar-refractivity contribution in [3.63, 3.8) is 0 Å². The van der Waals surface area contributed by atoms with E-state index in [2.05, 4.69) is 13.0 Å². The van der Waals surface area contributed by atoms with E-state index in [1.165, 1.54) is 11.1 Å². The molecular weight excluding hydrogens is 248 g/mol. The maximum absolute atomic E-state index is 10.3. The lowest BCUT2D eigenvalue weighted by Gasteiger charge is -2.43. The first kappa shape index (κ1) is 12.5. The number of rotatable bonds is 0. The smallest absolute Gasteiger partial charge is 0.115 e. The molecule has 0 amide bonds. The number of allylic oxidation sites excluding steroid dienone is 2. The molecule has 0 unspecified atom stereocenters. The van der Waals surface area contributed by atoms with Gasteiger partial charge in [-0.1, -0.05) is 24.1 Å². The summed E-state index contributed by atoms with van der Waals surface area (Å²) < 4.78 is 0. The summed E-state index contributed by atoms with van der Waals surface area (Å²) in [6.45, 7) is 2.28. The number of hydrogen-bond acceptors (Lipinski definition) is 2. The monoisotopic (exact) mass is 270 g/mol. The predicted octanol–water partition coefficient (Wildman–Crippen LogP) is 3.36. The summed E-state index contributed by atoms with van der Waals surface area (Å²) >= 11 is 0. The van der Waals surface area contributed by atoms with E-state index >= 15 is 0 Å². The molecule has 1 aromatic carbocycles. The number of aliphatic hydroxyl groups is 1. The third-order valence-corrected chi connectivity index (χ3v) is 6.10. The summed E-state index contributed by atoms with van der Waals surface area (Å²) in [7, 11) is 0. The van der Waals surface area contributed by atoms with Crippen LogP contribution in [0.4, 0.5) is 0 Å². The van der Waals surface area contributed by atoms with Crippen LogP contribution in [-0.4, -0.2) is 16.3 Å². The molecule has 0 bridgehead atoms. The molecule has 3 aliphatic carbocycles. The van der Waals surface area contributed by atoms with Crippen LogP contribution in [0.3, 0.4) is 0 Å². The van der Waals surface area contributed by atoms with Crippen molar-refractivity contribution in [2.24, 2.45) is 11.3 Å². The second-order valence-corrected chi connectivity index (χ2v) is 7.09. The molecule has 0 radical (unpaired) electrons. The van der Waals surface area contributed by atoms with Crippen LogP contribution in [0.1, 0.15) is 43.7 Å². The van der Waals surface area contributed by atoms with Gasteiger partial charge in [0.05, 0.1) is 6.10 Å². The average Bonchev–Trinajstić information content (AvgIpc) is 2.73. The Kier molecular flexibility index (Phi) is 2.56. The third kappa shape index (κ3) is 1.61. The average molecular weight is 270 g/mol. The van der Waals surface area contributed by atoms with E-state index in [0.717, 1.165) is 38.5 Å². The van der Waals surface area contributed by atoms with Crippen molar-refractivity contribution in [1.82, 2.24) is 0 Å². The normalized spacial score (nSPS) is 35.5. The van der Waals surface area contributed by atoms with Gasteiger partial charge in [-0.15, -0.1) is 0 Å². The SMILES string of the molecule is C[C@@]12CCC3=C(Cc4ccc(O)cc4C3)[C@H]1CC[C@H]2O. The first-order chi connectivity index (χ1) is 9.58. The maximum atomic E-state index is 10.3. The van der Waals surface area contributed by atoms with Crippen molar-refractivity contribution in [3.05, 3.63) is 40.5 Å². The highest BCUT2D eigenvalue weighted by atomic mass is 16.3. The fraction of sp³-hybridized carbons (Fsp3) is 0.556. The van der Waals surface area contributed by atoms with Crippen molar-refractivity contribution in [2.75, 3.05) is 0 Å². The molecule has 20 heavy (non-hydrogen) atoms. The molecule has 106 valence electrons. The topological polar surface area (TPSA) is 40.5 Å². The van der Waals surface area contributed by atoms with E-state index in [9.17, 15) is 10.2 Å². The van der Waals surface area contributed by atoms with E-state index < -0.39 is 0 Å². The van der Waals surface area contributed by atoms with Crippen molar-refractivity contribution in [3.8, 4) is 5.75 Å². The fourth-order valence-electron chi connectivity index (χ4n) is 4.79. The highest BCUT2D eigenvalue weighted by molar-refractivity contribution is 5.46. The van der Waals surface area contributed by atoms with E-state index in [1.807, 2.05) is 6.07 Å². The van der Waals surface area contributed by atoms with E-state index in [0.29, 0.717) is 11.7 Å². The Labute approximate surface area is 120 Å². The molecule has 4 rings (SSSR count). The first-order valence-electron chi connectivity index (χ1n) is 7.77. The number of phenols is 1. The van der Waals surface area contributed by atoms with Crippen molar-refractivity contribution in [2.45, 2.75) is 51.6 Å². The molecule has 0 saturated heterocycles. The van der Waals surface area contributed by atoms with Gasteiger partial charge < -0.3 is 10.2 Å². The Morgan fingerprint density at radius 2 is 2.00 bits per heavy atom. The molecular formula is C18H22O2.